The summed E-state index contributed by atoms with van der Waals surface area (Å²) in [5, 5.41) is 0. The van der Waals surface area contributed by atoms with E-state index in [1.165, 1.54) is 18.2 Å². The number of rotatable bonds is 3. The molecular formula is C11H10ClF3N2O2S. The maximum Gasteiger partial charge on any atom is 0.406 e. The van der Waals surface area contributed by atoms with Crippen LogP contribution in [0.1, 0.15) is 5.82 Å². The molecule has 9 heteroatoms. The van der Waals surface area contributed by atoms with Crippen LogP contribution in [0.5, 0.6) is 0 Å². The quantitative estimate of drug-likeness (QED) is 0.815. The Balaban J connectivity index is 2.76. The molecule has 0 aliphatic carbocycles. The molecule has 0 atom stereocenters. The minimum atomic E-state index is -4.45. The van der Waals surface area contributed by atoms with Crippen molar-refractivity contribution in [1.82, 2.24) is 9.55 Å². The van der Waals surface area contributed by atoms with Gasteiger partial charge in [-0.05, 0) is 12.1 Å². The first-order chi connectivity index (χ1) is 9.13. The summed E-state index contributed by atoms with van der Waals surface area (Å²) in [6, 6.07) is 4.07. The van der Waals surface area contributed by atoms with Crippen LogP contribution in [0.15, 0.2) is 23.1 Å². The summed E-state index contributed by atoms with van der Waals surface area (Å²) >= 11 is 5.60. The minimum Gasteiger partial charge on any atom is -0.318 e. The number of hydrogen-bond donors (Lipinski definition) is 0. The van der Waals surface area contributed by atoms with Crippen molar-refractivity contribution in [2.75, 3.05) is 6.26 Å². The van der Waals surface area contributed by atoms with Crippen LogP contribution < -0.4 is 0 Å². The van der Waals surface area contributed by atoms with Crippen molar-refractivity contribution in [3.05, 3.63) is 24.0 Å². The van der Waals surface area contributed by atoms with Gasteiger partial charge in [-0.2, -0.15) is 13.2 Å². The Kier molecular flexibility index (Phi) is 3.72. The summed E-state index contributed by atoms with van der Waals surface area (Å²) in [5.74, 6) is -0.261. The number of para-hydroxylation sites is 1. The van der Waals surface area contributed by atoms with Gasteiger partial charge in [0.1, 0.15) is 17.9 Å². The van der Waals surface area contributed by atoms with Gasteiger partial charge in [-0.3, -0.25) is 0 Å². The van der Waals surface area contributed by atoms with E-state index >= 15 is 0 Å². The van der Waals surface area contributed by atoms with Gasteiger partial charge in [-0.25, -0.2) is 13.4 Å². The summed E-state index contributed by atoms with van der Waals surface area (Å²) in [5.41, 5.74) is 0.107. The Labute approximate surface area is 118 Å². The molecule has 0 N–H and O–H groups in total. The topological polar surface area (TPSA) is 52.0 Å². The Morgan fingerprint density at radius 3 is 2.50 bits per heavy atom. The zero-order chi connectivity index (χ0) is 15.1. The lowest BCUT2D eigenvalue weighted by atomic mass is 10.3. The number of imidazole rings is 1. The van der Waals surface area contributed by atoms with Crippen LogP contribution in [0.3, 0.4) is 0 Å². The number of hydrogen-bond acceptors (Lipinski definition) is 3. The molecule has 1 aromatic carbocycles. The van der Waals surface area contributed by atoms with Crippen molar-refractivity contribution >= 4 is 32.5 Å². The van der Waals surface area contributed by atoms with E-state index in [9.17, 15) is 21.6 Å². The number of aromatic nitrogens is 2. The number of halogens is 4. The van der Waals surface area contributed by atoms with Crippen LogP contribution in [0.25, 0.3) is 11.0 Å². The lowest BCUT2D eigenvalue weighted by Crippen LogP contribution is -2.19. The molecule has 2 aromatic rings. The van der Waals surface area contributed by atoms with Gasteiger partial charge in [0.25, 0.3) is 0 Å². The van der Waals surface area contributed by atoms with Crippen LogP contribution >= 0.6 is 11.6 Å². The van der Waals surface area contributed by atoms with Crippen molar-refractivity contribution < 1.29 is 21.6 Å². The second-order valence-corrected chi connectivity index (χ2v) is 6.51. The number of benzene rings is 1. The third-order valence-electron chi connectivity index (χ3n) is 2.68. The molecule has 1 aromatic heterocycles. The Morgan fingerprint density at radius 1 is 1.35 bits per heavy atom. The van der Waals surface area contributed by atoms with E-state index < -0.39 is 22.6 Å². The second kappa shape index (κ2) is 4.92. The summed E-state index contributed by atoms with van der Waals surface area (Å²) < 4.78 is 61.9. The third-order valence-corrected chi connectivity index (χ3v) is 4.04. The standard InChI is InChI=1S/C11H10ClF3N2O2S/c1-20(18,19)8-4-2-3-7-10(8)16-9(5-12)17(7)6-11(13,14)15/h2-4H,5-6H2,1H3. The smallest absolute Gasteiger partial charge is 0.318 e. The van der Waals surface area contributed by atoms with E-state index in [4.69, 9.17) is 11.6 Å². The van der Waals surface area contributed by atoms with Gasteiger partial charge in [0, 0.05) is 6.26 Å². The molecule has 0 radical (unpaired) electrons. The van der Waals surface area contributed by atoms with Crippen molar-refractivity contribution in [2.45, 2.75) is 23.5 Å². The van der Waals surface area contributed by atoms with Crippen LogP contribution in [0, 0.1) is 0 Å². The van der Waals surface area contributed by atoms with Gasteiger partial charge in [0.15, 0.2) is 9.84 Å². The molecule has 2 rings (SSSR count). The average molecular weight is 327 g/mol. The molecule has 4 nitrogen and oxygen atoms in total. The largest absolute Gasteiger partial charge is 0.406 e. The zero-order valence-corrected chi connectivity index (χ0v) is 11.8. The zero-order valence-electron chi connectivity index (χ0n) is 10.3. The fraction of sp³-hybridized carbons (Fsp3) is 0.364. The molecule has 0 aliphatic heterocycles. The van der Waals surface area contributed by atoms with E-state index in [2.05, 4.69) is 4.98 Å². The molecule has 0 unspecified atom stereocenters. The van der Waals surface area contributed by atoms with E-state index in [0.717, 1.165) is 10.8 Å². The first-order valence-electron chi connectivity index (χ1n) is 5.44. The highest BCUT2D eigenvalue weighted by Gasteiger charge is 2.30. The predicted octanol–water partition coefficient (Wildman–Crippen LogP) is 2.74. The van der Waals surface area contributed by atoms with Crippen LogP contribution in [0.4, 0.5) is 13.2 Å². The number of nitrogens with zero attached hydrogens (tertiary/aromatic N) is 2. The van der Waals surface area contributed by atoms with Gasteiger partial charge in [-0.15, -0.1) is 11.6 Å². The van der Waals surface area contributed by atoms with Gasteiger partial charge >= 0.3 is 6.18 Å². The van der Waals surface area contributed by atoms with Crippen molar-refractivity contribution in [3.63, 3.8) is 0 Å². The number of sulfone groups is 1. The van der Waals surface area contributed by atoms with E-state index in [-0.39, 0.29) is 27.6 Å². The fourth-order valence-electron chi connectivity index (χ4n) is 1.93. The summed E-state index contributed by atoms with van der Waals surface area (Å²) in [6.07, 6.45) is -3.47. The highest BCUT2D eigenvalue weighted by molar-refractivity contribution is 7.91. The minimum absolute atomic E-state index is 0.00917. The first-order valence-corrected chi connectivity index (χ1v) is 7.87. The van der Waals surface area contributed by atoms with Crippen LogP contribution in [0.2, 0.25) is 0 Å². The molecule has 0 saturated heterocycles. The Hall–Kier alpha value is -1.28. The molecule has 0 spiro atoms. The van der Waals surface area contributed by atoms with Gasteiger partial charge < -0.3 is 4.57 Å². The summed E-state index contributed by atoms with van der Waals surface area (Å²) in [7, 11) is -3.58. The van der Waals surface area contributed by atoms with E-state index in [1.54, 1.807) is 0 Å². The molecule has 110 valence electrons. The molecule has 1 heterocycles. The lowest BCUT2D eigenvalue weighted by Gasteiger charge is -2.10. The van der Waals surface area contributed by atoms with Crippen LogP contribution in [-0.2, 0) is 22.3 Å². The highest BCUT2D eigenvalue weighted by Crippen LogP contribution is 2.27. The maximum absolute atomic E-state index is 12.6. The SMILES string of the molecule is CS(=O)(=O)c1cccc2c1nc(CCl)n2CC(F)(F)F. The van der Waals surface area contributed by atoms with Crippen molar-refractivity contribution in [2.24, 2.45) is 0 Å². The van der Waals surface area contributed by atoms with Gasteiger partial charge in [-0.1, -0.05) is 6.07 Å². The predicted molar refractivity (Wildman–Crippen MR) is 68.5 cm³/mol. The van der Waals surface area contributed by atoms with E-state index in [1.807, 2.05) is 0 Å². The normalized spacial score (nSPS) is 13.1. The molecule has 0 fully saturated rings. The summed E-state index contributed by atoms with van der Waals surface area (Å²) in [6.45, 7) is -1.27. The number of alkyl halides is 4. The highest BCUT2D eigenvalue weighted by atomic mass is 35.5. The van der Waals surface area contributed by atoms with Crippen molar-refractivity contribution in [3.8, 4) is 0 Å². The first kappa shape index (κ1) is 15.1. The maximum atomic E-state index is 12.6. The second-order valence-electron chi connectivity index (χ2n) is 4.26. The van der Waals surface area contributed by atoms with Crippen LogP contribution in [-0.4, -0.2) is 30.4 Å². The molecule has 0 bridgehead atoms. The molecule has 0 saturated carbocycles. The molecule has 0 aliphatic rings. The molecule has 0 amide bonds. The Morgan fingerprint density at radius 2 is 2.00 bits per heavy atom. The average Bonchev–Trinajstić information content (AvgIpc) is 2.64. The van der Waals surface area contributed by atoms with Crippen molar-refractivity contribution in [1.29, 1.82) is 0 Å². The monoisotopic (exact) mass is 326 g/mol. The molecular weight excluding hydrogens is 317 g/mol. The number of fused-ring (bicyclic) bond motifs is 1. The fourth-order valence-corrected chi connectivity index (χ4v) is 2.96. The summed E-state index contributed by atoms with van der Waals surface area (Å²) in [4.78, 5) is 3.82. The van der Waals surface area contributed by atoms with Gasteiger partial charge in [0.2, 0.25) is 0 Å². The molecule has 20 heavy (non-hydrogen) atoms. The lowest BCUT2D eigenvalue weighted by molar-refractivity contribution is -0.140. The van der Waals surface area contributed by atoms with E-state index in [0.29, 0.717) is 0 Å². The third kappa shape index (κ3) is 2.90. The Bertz CT molecular complexity index is 753. The van der Waals surface area contributed by atoms with Gasteiger partial charge in [0.05, 0.1) is 16.3 Å².